The fraction of sp³-hybridized carbons (Fsp3) is 0.414. The molecular formula is C29H30FNO3. The molecule has 1 saturated carbocycles. The van der Waals surface area contributed by atoms with Gasteiger partial charge in [-0.05, 0) is 75.1 Å². The number of benzene rings is 2. The van der Waals surface area contributed by atoms with Crippen LogP contribution in [-0.4, -0.2) is 23.6 Å². The molecule has 5 heteroatoms. The number of rotatable bonds is 4. The Bertz CT molecular complexity index is 1160. The van der Waals surface area contributed by atoms with Crippen LogP contribution in [0.3, 0.4) is 0 Å². The van der Waals surface area contributed by atoms with Crippen molar-refractivity contribution in [3.63, 3.8) is 0 Å². The van der Waals surface area contributed by atoms with Crippen LogP contribution in [0.4, 0.5) is 4.39 Å². The number of aryl methyl sites for hydroxylation is 1. The van der Waals surface area contributed by atoms with E-state index in [9.17, 15) is 14.0 Å². The molecule has 3 unspecified atom stereocenters. The summed E-state index contributed by atoms with van der Waals surface area (Å²) in [5.74, 6) is -1.80. The van der Waals surface area contributed by atoms with Gasteiger partial charge in [-0.3, -0.25) is 14.6 Å². The van der Waals surface area contributed by atoms with Crippen LogP contribution in [0.5, 0.6) is 0 Å². The second-order valence-electron chi connectivity index (χ2n) is 9.90. The van der Waals surface area contributed by atoms with E-state index >= 15 is 0 Å². The van der Waals surface area contributed by atoms with Crippen LogP contribution in [0.25, 0.3) is 0 Å². The van der Waals surface area contributed by atoms with Crippen molar-refractivity contribution in [2.45, 2.75) is 70.3 Å². The minimum atomic E-state index is -0.676. The van der Waals surface area contributed by atoms with Gasteiger partial charge in [0.05, 0.1) is 0 Å². The number of carbonyl (C=O) groups excluding carboxylic acids is 2. The number of ketones is 1. The summed E-state index contributed by atoms with van der Waals surface area (Å²) in [6, 6.07) is 14.4. The van der Waals surface area contributed by atoms with Crippen LogP contribution in [-0.2, 0) is 14.3 Å². The zero-order chi connectivity index (χ0) is 23.8. The largest absolute Gasteiger partial charge is 0.462 e. The minimum Gasteiger partial charge on any atom is -0.462 e. The summed E-state index contributed by atoms with van der Waals surface area (Å²) < 4.78 is 19.6. The Morgan fingerprint density at radius 2 is 1.59 bits per heavy atom. The van der Waals surface area contributed by atoms with E-state index < -0.39 is 11.8 Å². The van der Waals surface area contributed by atoms with Crippen molar-refractivity contribution >= 4 is 17.5 Å². The van der Waals surface area contributed by atoms with Crippen LogP contribution >= 0.6 is 0 Å². The van der Waals surface area contributed by atoms with Crippen LogP contribution < -0.4 is 0 Å². The second-order valence-corrected chi connectivity index (χ2v) is 9.90. The van der Waals surface area contributed by atoms with E-state index in [1.807, 2.05) is 13.8 Å². The lowest BCUT2D eigenvalue weighted by atomic mass is 9.69. The van der Waals surface area contributed by atoms with Crippen LogP contribution in [0.1, 0.15) is 74.0 Å². The Morgan fingerprint density at radius 3 is 2.26 bits per heavy atom. The third-order valence-electron chi connectivity index (χ3n) is 7.51. The zero-order valence-corrected chi connectivity index (χ0v) is 19.7. The average molecular weight is 460 g/mol. The molecule has 1 heterocycles. The summed E-state index contributed by atoms with van der Waals surface area (Å²) in [4.78, 5) is 31.8. The summed E-state index contributed by atoms with van der Waals surface area (Å²) in [7, 11) is 0. The number of hydrogen-bond acceptors (Lipinski definition) is 4. The molecule has 0 saturated heterocycles. The maximum Gasteiger partial charge on any atom is 0.315 e. The fourth-order valence-corrected chi connectivity index (χ4v) is 5.71. The van der Waals surface area contributed by atoms with Crippen molar-refractivity contribution in [1.29, 1.82) is 0 Å². The van der Waals surface area contributed by atoms with Crippen LogP contribution in [0.2, 0.25) is 0 Å². The first-order valence-corrected chi connectivity index (χ1v) is 12.2. The number of carbonyl (C=O) groups is 2. The number of hydrogen-bond donors (Lipinski definition) is 0. The highest BCUT2D eigenvalue weighted by molar-refractivity contribution is 6.09. The average Bonchev–Trinajstić information content (AvgIpc) is 3.32. The summed E-state index contributed by atoms with van der Waals surface area (Å²) >= 11 is 0. The molecule has 0 spiro atoms. The Labute approximate surface area is 199 Å². The molecule has 2 aromatic rings. The second kappa shape index (κ2) is 9.28. The molecule has 1 fully saturated rings. The smallest absolute Gasteiger partial charge is 0.315 e. The van der Waals surface area contributed by atoms with Gasteiger partial charge >= 0.3 is 5.97 Å². The van der Waals surface area contributed by atoms with Gasteiger partial charge in [-0.15, -0.1) is 0 Å². The predicted molar refractivity (Wildman–Crippen MR) is 129 cm³/mol. The molecule has 2 aliphatic carbocycles. The van der Waals surface area contributed by atoms with Crippen LogP contribution in [0.15, 0.2) is 64.8 Å². The van der Waals surface area contributed by atoms with Crippen LogP contribution in [0, 0.1) is 18.7 Å². The molecule has 34 heavy (non-hydrogen) atoms. The zero-order valence-electron chi connectivity index (χ0n) is 19.7. The number of aliphatic imine (C=N–C) groups is 1. The number of esters is 1. The lowest BCUT2D eigenvalue weighted by molar-refractivity contribution is -0.151. The van der Waals surface area contributed by atoms with E-state index in [1.54, 1.807) is 12.1 Å². The highest BCUT2D eigenvalue weighted by Crippen LogP contribution is 2.47. The predicted octanol–water partition coefficient (Wildman–Crippen LogP) is 6.20. The van der Waals surface area contributed by atoms with Crippen molar-refractivity contribution in [2.24, 2.45) is 10.9 Å². The van der Waals surface area contributed by atoms with Crippen molar-refractivity contribution in [1.82, 2.24) is 0 Å². The summed E-state index contributed by atoms with van der Waals surface area (Å²) in [5.41, 5.74) is 5.05. The molecule has 3 aliphatic rings. The molecule has 4 nitrogen and oxygen atoms in total. The summed E-state index contributed by atoms with van der Waals surface area (Å²) in [6.07, 6.45) is 4.82. The third-order valence-corrected chi connectivity index (χ3v) is 7.51. The number of allylic oxidation sites excluding steroid dienone is 2. The Morgan fingerprint density at radius 1 is 0.941 bits per heavy atom. The number of halogens is 1. The molecular weight excluding hydrogens is 429 g/mol. The quantitative estimate of drug-likeness (QED) is 0.512. The lowest BCUT2D eigenvalue weighted by Gasteiger charge is -2.37. The highest BCUT2D eigenvalue weighted by Gasteiger charge is 2.45. The number of Topliss-reactive ketones (excluding diaryl/α,β-unsaturated/α-hetero) is 1. The van der Waals surface area contributed by atoms with Gasteiger partial charge in [0.25, 0.3) is 0 Å². The number of ether oxygens (including phenoxy) is 1. The highest BCUT2D eigenvalue weighted by atomic mass is 19.1. The first kappa shape index (κ1) is 22.7. The molecule has 176 valence electrons. The Balaban J connectivity index is 1.53. The molecule has 0 bridgehead atoms. The number of nitrogens with zero attached hydrogens (tertiary/aromatic N) is 1. The summed E-state index contributed by atoms with van der Waals surface area (Å²) in [6.45, 7) is 3.89. The van der Waals surface area contributed by atoms with Gasteiger partial charge in [0.15, 0.2) is 5.78 Å². The van der Waals surface area contributed by atoms with Gasteiger partial charge in [-0.1, -0.05) is 42.0 Å². The molecule has 1 aliphatic heterocycles. The lowest BCUT2D eigenvalue weighted by Crippen LogP contribution is -2.39. The SMILES string of the molecule is CC1=NC2=C(C(=O)CC(c3ccc(C)cc3)C2)C(c2ccc(F)cc2)C1C(=O)OC1CCCC1. The molecule has 3 atom stereocenters. The van der Waals surface area contributed by atoms with E-state index in [-0.39, 0.29) is 29.6 Å². The monoisotopic (exact) mass is 459 g/mol. The van der Waals surface area contributed by atoms with Crippen molar-refractivity contribution in [3.05, 3.63) is 82.3 Å². The van der Waals surface area contributed by atoms with E-state index in [0.717, 1.165) is 42.5 Å². The maximum absolute atomic E-state index is 13.7. The van der Waals surface area contributed by atoms with E-state index in [4.69, 9.17) is 9.73 Å². The van der Waals surface area contributed by atoms with E-state index in [2.05, 4.69) is 24.3 Å². The van der Waals surface area contributed by atoms with Gasteiger partial charge in [-0.25, -0.2) is 4.39 Å². The minimum absolute atomic E-state index is 0.0102. The van der Waals surface area contributed by atoms with Gasteiger partial charge in [0.1, 0.15) is 17.8 Å². The van der Waals surface area contributed by atoms with Gasteiger partial charge in [-0.2, -0.15) is 0 Å². The van der Waals surface area contributed by atoms with E-state index in [1.165, 1.54) is 17.7 Å². The Hall–Kier alpha value is -3.08. The van der Waals surface area contributed by atoms with Gasteiger partial charge in [0.2, 0.25) is 0 Å². The van der Waals surface area contributed by atoms with Crippen molar-refractivity contribution < 1.29 is 18.7 Å². The topological polar surface area (TPSA) is 55.7 Å². The maximum atomic E-state index is 13.7. The standard InChI is InChI=1S/C29H30FNO3/c1-17-7-9-19(10-8-17)21-15-24-28(25(32)16-21)27(20-11-13-22(30)14-12-20)26(18(2)31-24)29(33)34-23-5-3-4-6-23/h7-14,21,23,26-27H,3-6,15-16H2,1-2H3. The Kier molecular flexibility index (Phi) is 6.20. The summed E-state index contributed by atoms with van der Waals surface area (Å²) in [5, 5.41) is 0. The first-order chi connectivity index (χ1) is 16.4. The molecule has 2 aromatic carbocycles. The van der Waals surface area contributed by atoms with Crippen molar-refractivity contribution in [3.8, 4) is 0 Å². The van der Waals surface area contributed by atoms with Crippen molar-refractivity contribution in [2.75, 3.05) is 0 Å². The molecule has 0 N–H and O–H groups in total. The van der Waals surface area contributed by atoms with Gasteiger partial charge in [0, 0.05) is 29.3 Å². The molecule has 0 aromatic heterocycles. The van der Waals surface area contributed by atoms with E-state index in [0.29, 0.717) is 24.1 Å². The molecule has 0 radical (unpaired) electrons. The first-order valence-electron chi connectivity index (χ1n) is 12.2. The van der Waals surface area contributed by atoms with Gasteiger partial charge < -0.3 is 4.74 Å². The molecule has 5 rings (SSSR count). The third kappa shape index (κ3) is 4.36. The fourth-order valence-electron chi connectivity index (χ4n) is 5.71. The normalized spacial score (nSPS) is 25.2. The molecule has 0 amide bonds.